The van der Waals surface area contributed by atoms with Crippen LogP contribution in [-0.4, -0.2) is 18.2 Å². The summed E-state index contributed by atoms with van der Waals surface area (Å²) >= 11 is 1.59. The van der Waals surface area contributed by atoms with E-state index >= 15 is 0 Å². The molecule has 88 valence electrons. The first-order valence-electron chi connectivity index (χ1n) is 5.44. The van der Waals surface area contributed by atoms with Gasteiger partial charge < -0.3 is 14.8 Å². The lowest BCUT2D eigenvalue weighted by Crippen LogP contribution is -2.15. The molecule has 2 aromatic rings. The van der Waals surface area contributed by atoms with Gasteiger partial charge in [0.25, 0.3) is 0 Å². The zero-order chi connectivity index (χ0) is 11.5. The molecule has 0 atom stereocenters. The van der Waals surface area contributed by atoms with Gasteiger partial charge in [0.1, 0.15) is 13.2 Å². The monoisotopic (exact) mass is 248 g/mol. The molecule has 0 unspecified atom stereocenters. The summed E-state index contributed by atoms with van der Waals surface area (Å²) in [7, 11) is 0. The molecule has 0 fully saturated rings. The van der Waals surface area contributed by atoms with Crippen LogP contribution < -0.4 is 14.8 Å². The van der Waals surface area contributed by atoms with Crippen molar-refractivity contribution in [3.05, 3.63) is 35.3 Å². The second-order valence-electron chi connectivity index (χ2n) is 3.67. The van der Waals surface area contributed by atoms with Crippen molar-refractivity contribution < 1.29 is 9.47 Å². The van der Waals surface area contributed by atoms with Crippen LogP contribution in [0.2, 0.25) is 0 Å². The van der Waals surface area contributed by atoms with Crippen molar-refractivity contribution in [2.75, 3.05) is 18.5 Å². The Morgan fingerprint density at radius 2 is 2.12 bits per heavy atom. The van der Waals surface area contributed by atoms with Crippen molar-refractivity contribution in [2.45, 2.75) is 6.54 Å². The number of fused-ring (bicyclic) bond motifs is 1. The molecule has 4 nitrogen and oxygen atoms in total. The van der Waals surface area contributed by atoms with Crippen LogP contribution >= 0.6 is 11.3 Å². The lowest BCUT2D eigenvalue weighted by Gasteiger charge is -2.18. The first-order chi connectivity index (χ1) is 8.42. The zero-order valence-electron chi connectivity index (χ0n) is 9.18. The number of rotatable bonds is 3. The van der Waals surface area contributed by atoms with E-state index in [1.165, 1.54) is 0 Å². The van der Waals surface area contributed by atoms with Crippen molar-refractivity contribution in [3.63, 3.8) is 0 Å². The average Bonchev–Trinajstić information content (AvgIpc) is 2.89. The van der Waals surface area contributed by atoms with Crippen LogP contribution in [-0.2, 0) is 6.54 Å². The van der Waals surface area contributed by atoms with E-state index in [-0.39, 0.29) is 0 Å². The molecule has 1 N–H and O–H groups in total. The van der Waals surface area contributed by atoms with Crippen LogP contribution in [0.15, 0.2) is 29.8 Å². The molecule has 0 saturated heterocycles. The van der Waals surface area contributed by atoms with Gasteiger partial charge in [0.15, 0.2) is 16.6 Å². The summed E-state index contributed by atoms with van der Waals surface area (Å²) in [4.78, 5) is 4.17. The maximum atomic E-state index is 5.54. The first-order valence-corrected chi connectivity index (χ1v) is 6.32. The Kier molecular flexibility index (Phi) is 2.83. The molecule has 0 amide bonds. The Morgan fingerprint density at radius 1 is 1.24 bits per heavy atom. The Bertz CT molecular complexity index is 499. The molecular weight excluding hydrogens is 236 g/mol. The molecule has 1 aromatic heterocycles. The molecule has 1 aliphatic heterocycles. The summed E-state index contributed by atoms with van der Waals surface area (Å²) in [6.45, 7) is 1.99. The van der Waals surface area contributed by atoms with E-state index in [2.05, 4.69) is 10.3 Å². The van der Waals surface area contributed by atoms with Gasteiger partial charge in [0.2, 0.25) is 0 Å². The van der Waals surface area contributed by atoms with Gasteiger partial charge in [-0.1, -0.05) is 6.07 Å². The van der Waals surface area contributed by atoms with Gasteiger partial charge in [0.05, 0.1) is 0 Å². The first kappa shape index (κ1) is 10.4. The molecule has 3 rings (SSSR count). The maximum Gasteiger partial charge on any atom is 0.182 e. The minimum Gasteiger partial charge on any atom is -0.486 e. The van der Waals surface area contributed by atoms with E-state index in [0.717, 1.165) is 28.7 Å². The van der Waals surface area contributed by atoms with E-state index in [4.69, 9.17) is 9.47 Å². The molecule has 17 heavy (non-hydrogen) atoms. The van der Waals surface area contributed by atoms with E-state index in [1.54, 1.807) is 17.5 Å². The number of nitrogens with one attached hydrogen (secondary N) is 1. The second kappa shape index (κ2) is 4.63. The molecule has 1 aromatic carbocycles. The van der Waals surface area contributed by atoms with Crippen LogP contribution in [0.3, 0.4) is 0 Å². The van der Waals surface area contributed by atoms with Gasteiger partial charge >= 0.3 is 0 Å². The number of benzene rings is 1. The summed E-state index contributed by atoms with van der Waals surface area (Å²) in [5.41, 5.74) is 1.16. The number of hydrogen-bond acceptors (Lipinski definition) is 5. The third-order valence-electron chi connectivity index (χ3n) is 2.48. The standard InChI is InChI=1S/C12H12N2O2S/c1-2-10-11(16-5-4-15-10)7-9(1)8-14-12-13-3-6-17-12/h1-3,6-7H,4-5,8H2,(H,13,14). The maximum absolute atomic E-state index is 5.54. The van der Waals surface area contributed by atoms with Crippen molar-refractivity contribution in [3.8, 4) is 11.5 Å². The number of aromatic nitrogens is 1. The van der Waals surface area contributed by atoms with Gasteiger partial charge in [0, 0.05) is 18.1 Å². The van der Waals surface area contributed by atoms with Crippen LogP contribution in [0.1, 0.15) is 5.56 Å². The molecule has 0 aliphatic carbocycles. The molecule has 0 saturated carbocycles. The van der Waals surface area contributed by atoms with E-state index in [9.17, 15) is 0 Å². The SMILES string of the molecule is c1csc(NCc2ccc3c(c2)OCCO3)n1. The van der Waals surface area contributed by atoms with Gasteiger partial charge in [-0.15, -0.1) is 11.3 Å². The van der Waals surface area contributed by atoms with Crippen LogP contribution in [0.4, 0.5) is 5.13 Å². The Morgan fingerprint density at radius 3 is 2.94 bits per heavy atom. The predicted octanol–water partition coefficient (Wildman–Crippen LogP) is 2.53. The fourth-order valence-corrected chi connectivity index (χ4v) is 2.21. The second-order valence-corrected chi connectivity index (χ2v) is 4.56. The lowest BCUT2D eigenvalue weighted by molar-refractivity contribution is 0.171. The summed E-state index contributed by atoms with van der Waals surface area (Å²) in [5, 5.41) is 6.14. The molecule has 5 heteroatoms. The highest BCUT2D eigenvalue weighted by atomic mass is 32.1. The highest BCUT2D eigenvalue weighted by Crippen LogP contribution is 2.30. The minimum atomic E-state index is 0.621. The third kappa shape index (κ3) is 2.34. The van der Waals surface area contributed by atoms with E-state index in [1.807, 2.05) is 23.6 Å². The smallest absolute Gasteiger partial charge is 0.182 e. The molecule has 0 radical (unpaired) electrons. The largest absolute Gasteiger partial charge is 0.486 e. The van der Waals surface area contributed by atoms with Crippen LogP contribution in [0, 0.1) is 0 Å². The average molecular weight is 248 g/mol. The fourth-order valence-electron chi connectivity index (χ4n) is 1.69. The van der Waals surface area contributed by atoms with Gasteiger partial charge in [-0.2, -0.15) is 0 Å². The fraction of sp³-hybridized carbons (Fsp3) is 0.250. The van der Waals surface area contributed by atoms with Crippen LogP contribution in [0.25, 0.3) is 0 Å². The zero-order valence-corrected chi connectivity index (χ0v) is 10.00. The van der Waals surface area contributed by atoms with Gasteiger partial charge in [-0.25, -0.2) is 4.98 Å². The van der Waals surface area contributed by atoms with E-state index in [0.29, 0.717) is 13.2 Å². The molecule has 1 aliphatic rings. The van der Waals surface area contributed by atoms with Gasteiger partial charge in [-0.3, -0.25) is 0 Å². The van der Waals surface area contributed by atoms with Crippen LogP contribution in [0.5, 0.6) is 11.5 Å². The Labute approximate surface area is 103 Å². The number of hydrogen-bond donors (Lipinski definition) is 1. The predicted molar refractivity (Wildman–Crippen MR) is 66.9 cm³/mol. The molecular formula is C12H12N2O2S. The number of anilines is 1. The highest BCUT2D eigenvalue weighted by molar-refractivity contribution is 7.13. The Balaban J connectivity index is 1.71. The molecule has 2 heterocycles. The molecule has 0 bridgehead atoms. The minimum absolute atomic E-state index is 0.621. The number of thiazole rings is 1. The Hall–Kier alpha value is -1.75. The highest BCUT2D eigenvalue weighted by Gasteiger charge is 2.11. The van der Waals surface area contributed by atoms with Gasteiger partial charge in [-0.05, 0) is 17.7 Å². The van der Waals surface area contributed by atoms with E-state index < -0.39 is 0 Å². The van der Waals surface area contributed by atoms with Crippen molar-refractivity contribution in [1.82, 2.24) is 4.98 Å². The topological polar surface area (TPSA) is 43.4 Å². The molecule has 0 spiro atoms. The summed E-state index contributed by atoms with van der Waals surface area (Å²) in [5.74, 6) is 1.66. The normalized spacial score (nSPS) is 13.4. The summed E-state index contributed by atoms with van der Waals surface area (Å²) < 4.78 is 11.0. The van der Waals surface area contributed by atoms with Crippen molar-refractivity contribution >= 4 is 16.5 Å². The van der Waals surface area contributed by atoms with Crippen molar-refractivity contribution in [1.29, 1.82) is 0 Å². The number of nitrogens with zero attached hydrogens (tertiary/aromatic N) is 1. The number of ether oxygens (including phenoxy) is 2. The van der Waals surface area contributed by atoms with Crippen molar-refractivity contribution in [2.24, 2.45) is 0 Å². The third-order valence-corrected chi connectivity index (χ3v) is 3.21. The summed E-state index contributed by atoms with van der Waals surface area (Å²) in [6.07, 6.45) is 1.79. The quantitative estimate of drug-likeness (QED) is 0.906. The summed E-state index contributed by atoms with van der Waals surface area (Å²) in [6, 6.07) is 6.00. The lowest BCUT2D eigenvalue weighted by atomic mass is 10.2.